The van der Waals surface area contributed by atoms with E-state index in [2.05, 4.69) is 28.2 Å². The third-order valence-electron chi connectivity index (χ3n) is 21.9. The third kappa shape index (κ3) is 17.8. The molecule has 7 aliphatic rings. The van der Waals surface area contributed by atoms with Crippen molar-refractivity contribution in [1.29, 1.82) is 0 Å². The van der Waals surface area contributed by atoms with Crippen molar-refractivity contribution < 1.29 is 65.9 Å². The molecule has 12 atom stereocenters. The zero-order valence-electron chi connectivity index (χ0n) is 56.1. The lowest BCUT2D eigenvalue weighted by atomic mass is 9.78. The summed E-state index contributed by atoms with van der Waals surface area (Å²) in [4.78, 5) is 170. The molecule has 22 nitrogen and oxygen atoms in total. The average Bonchev–Trinajstić information content (AvgIpc) is 1.52. The van der Waals surface area contributed by atoms with Crippen LogP contribution in [0.25, 0.3) is 0 Å². The maximum Gasteiger partial charge on any atom is 0.393 e. The fourth-order valence-corrected chi connectivity index (χ4v) is 16.2. The number of carbonyl (C=O) groups is 11. The first-order valence-electron chi connectivity index (χ1n) is 34.2. The van der Waals surface area contributed by atoms with Gasteiger partial charge in [-0.2, -0.15) is 13.2 Å². The van der Waals surface area contributed by atoms with Gasteiger partial charge in [0.2, 0.25) is 65.0 Å². The van der Waals surface area contributed by atoms with Gasteiger partial charge in [-0.05, 0) is 133 Å². The van der Waals surface area contributed by atoms with Crippen LogP contribution in [-0.2, 0) is 52.7 Å². The van der Waals surface area contributed by atoms with E-state index in [0.29, 0.717) is 50.9 Å². The molecule has 1 spiro atoms. The fourth-order valence-electron chi connectivity index (χ4n) is 15.7. The molecule has 3 saturated heterocycles. The highest BCUT2D eigenvalue weighted by Gasteiger charge is 2.52. The third-order valence-corrected chi connectivity index (χ3v) is 22.4. The highest BCUT2D eigenvalue weighted by atomic mass is 35.5. The fraction of sp³-hybridized carbons (Fsp3) is 0.833. The Bertz CT molecular complexity index is 2670. The lowest BCUT2D eigenvalue weighted by Gasteiger charge is -2.40. The number of alkyl halides is 4. The Labute approximate surface area is 547 Å². The standard InChI is InChI=1S/C66H105ClF3N11O11/c1-11-40(3)55-63(91)76(7)38-54(84)80-32-17-21-50(80)62(90)78(9)51(36-44-24-22-39(2)23-25-44)61(89)75(6)37-52(82)72-48(29-27-43-26-28-46(47(67)35-43)66(68,69)70)60(88)81-33-16-20-49(81)58(86)74-65(30-14-15-31-65)64(92)79(10)56(45-18-12-13-19-45)59(87)71-41(4)34-53(83)77(8)42(5)57(85)73-55/h39-51,55-56H,11-38H2,1-10H3,(H,71,87)(H,72,82)(H,73,85)(H,74,86)/t39?,40-,41+,42-,43?,44?,46?,47?,48-,49-,50-,51-,55-,56-/m0/s1. The molecule has 4 saturated carbocycles. The van der Waals surface area contributed by atoms with Gasteiger partial charge >= 0.3 is 6.18 Å². The Balaban J connectivity index is 1.21. The van der Waals surface area contributed by atoms with Crippen molar-refractivity contribution in [2.75, 3.05) is 61.4 Å². The van der Waals surface area contributed by atoms with Gasteiger partial charge in [-0.1, -0.05) is 78.6 Å². The average molecular weight is 1320 g/mol. The minimum atomic E-state index is -4.49. The van der Waals surface area contributed by atoms with Gasteiger partial charge < -0.3 is 55.6 Å². The Morgan fingerprint density at radius 1 is 0.598 bits per heavy atom. The van der Waals surface area contributed by atoms with Crippen LogP contribution >= 0.6 is 11.6 Å². The molecule has 26 heteroatoms. The highest BCUT2D eigenvalue weighted by Crippen LogP contribution is 2.44. The second kappa shape index (κ2) is 32.1. The second-order valence-electron chi connectivity index (χ2n) is 28.5. The topological polar surface area (TPSA) is 259 Å². The van der Waals surface area contributed by atoms with Crippen molar-refractivity contribution in [3.63, 3.8) is 0 Å². The van der Waals surface area contributed by atoms with Crippen LogP contribution in [0.2, 0.25) is 0 Å². The summed E-state index contributed by atoms with van der Waals surface area (Å²) in [5.74, 6) is -8.39. The minimum Gasteiger partial charge on any atom is -0.351 e. The predicted molar refractivity (Wildman–Crippen MR) is 338 cm³/mol. The molecule has 0 aromatic carbocycles. The van der Waals surface area contributed by atoms with Gasteiger partial charge in [0.1, 0.15) is 47.8 Å². The summed E-state index contributed by atoms with van der Waals surface area (Å²) < 4.78 is 41.9. The Morgan fingerprint density at radius 2 is 1.21 bits per heavy atom. The summed E-state index contributed by atoms with van der Waals surface area (Å²) >= 11 is 6.39. The van der Waals surface area contributed by atoms with Crippen molar-refractivity contribution in [1.82, 2.24) is 55.6 Å². The number of amides is 11. The molecule has 3 heterocycles. The van der Waals surface area contributed by atoms with Crippen LogP contribution in [0.4, 0.5) is 13.2 Å². The van der Waals surface area contributed by atoms with Crippen molar-refractivity contribution >= 4 is 76.6 Å². The quantitative estimate of drug-likeness (QED) is 0.220. The SMILES string of the molecule is CC[C@H](C)[C@@H]1NC(=O)[C@H](C)N(C)C(=O)C[C@@H](C)NC(=O)[C@H](C2CCCC2)N(C)C(=O)C2(CCCC2)NC(=O)[C@@H]2CCCN2C(=O)[C@H](CCC2CCC(C(F)(F)F)C(Cl)C2)NC(=O)CN(C)C(=O)[C@H](CC2CCC(C)CC2)N(C)C(=O)[C@@H]2CCCN2C(=O)CN(C)C1=O. The summed E-state index contributed by atoms with van der Waals surface area (Å²) in [5, 5.41) is 10.5. The smallest absolute Gasteiger partial charge is 0.351 e. The number of fused-ring (bicyclic) bond motifs is 2. The summed E-state index contributed by atoms with van der Waals surface area (Å²) in [6, 6.07) is -8.43. The van der Waals surface area contributed by atoms with Crippen molar-refractivity contribution in [3.05, 3.63) is 0 Å². The number of nitrogens with zero attached hydrogens (tertiary/aromatic N) is 7. The monoisotopic (exact) mass is 1320 g/mol. The van der Waals surface area contributed by atoms with Crippen LogP contribution in [-0.4, -0.2) is 226 Å². The van der Waals surface area contributed by atoms with E-state index in [9.17, 15) is 56.3 Å². The highest BCUT2D eigenvalue weighted by molar-refractivity contribution is 6.20. The minimum absolute atomic E-state index is 0.0206. The summed E-state index contributed by atoms with van der Waals surface area (Å²) in [5.41, 5.74) is -1.45. The lowest BCUT2D eigenvalue weighted by molar-refractivity contribution is -0.182. The number of hydrogen-bond donors (Lipinski definition) is 4. The van der Waals surface area contributed by atoms with Gasteiger partial charge in [0.05, 0.1) is 19.0 Å². The van der Waals surface area contributed by atoms with E-state index in [1.807, 2.05) is 6.92 Å². The molecule has 4 N–H and O–H groups in total. The molecule has 0 bridgehead atoms. The number of nitrogens with one attached hydrogen (secondary N) is 4. The lowest BCUT2D eigenvalue weighted by Crippen LogP contribution is -2.64. The second-order valence-corrected chi connectivity index (χ2v) is 29.1. The van der Waals surface area contributed by atoms with Gasteiger partial charge in [-0.25, -0.2) is 0 Å². The van der Waals surface area contributed by atoms with E-state index in [1.165, 1.54) is 69.4 Å². The largest absolute Gasteiger partial charge is 0.393 e. The van der Waals surface area contributed by atoms with Crippen LogP contribution in [0, 0.1) is 35.5 Å². The number of rotatable bonds is 8. The van der Waals surface area contributed by atoms with Gasteiger partial charge in [-0.3, -0.25) is 52.7 Å². The molecule has 92 heavy (non-hydrogen) atoms. The van der Waals surface area contributed by atoms with Crippen LogP contribution in [0.1, 0.15) is 189 Å². The van der Waals surface area contributed by atoms with E-state index in [-0.39, 0.29) is 101 Å². The zero-order chi connectivity index (χ0) is 67.7. The van der Waals surface area contributed by atoms with Crippen LogP contribution < -0.4 is 21.3 Å². The summed E-state index contributed by atoms with van der Waals surface area (Å²) in [7, 11) is 7.38. The van der Waals surface area contributed by atoms with Crippen LogP contribution in [0.5, 0.6) is 0 Å². The first-order valence-corrected chi connectivity index (χ1v) is 34.6. The van der Waals surface area contributed by atoms with E-state index in [0.717, 1.165) is 38.5 Å². The van der Waals surface area contributed by atoms with Crippen molar-refractivity contribution in [3.8, 4) is 0 Å². The van der Waals surface area contributed by atoms with E-state index in [4.69, 9.17) is 11.6 Å². The Morgan fingerprint density at radius 3 is 1.83 bits per heavy atom. The van der Waals surface area contributed by atoms with Crippen molar-refractivity contribution in [2.24, 2.45) is 35.5 Å². The van der Waals surface area contributed by atoms with E-state index in [1.54, 1.807) is 20.9 Å². The van der Waals surface area contributed by atoms with E-state index >= 15 is 9.59 Å². The predicted octanol–water partition coefficient (Wildman–Crippen LogP) is 5.51. The van der Waals surface area contributed by atoms with Gasteiger partial charge in [0, 0.05) is 66.2 Å². The van der Waals surface area contributed by atoms with Crippen LogP contribution in [0.3, 0.4) is 0 Å². The summed E-state index contributed by atoms with van der Waals surface area (Å²) in [6.45, 7) is 8.26. The molecule has 0 aromatic heterocycles. The maximum atomic E-state index is 15.2. The first kappa shape index (κ1) is 73.7. The number of halogens is 4. The van der Waals surface area contributed by atoms with Crippen molar-refractivity contribution in [2.45, 2.75) is 254 Å². The Hall–Kier alpha value is -5.75. The molecule has 0 aromatic rings. The molecule has 518 valence electrons. The molecule has 11 amide bonds. The van der Waals surface area contributed by atoms with E-state index < -0.39 is 155 Å². The zero-order valence-corrected chi connectivity index (χ0v) is 56.8. The molecule has 3 unspecified atom stereocenters. The van der Waals surface area contributed by atoms with Gasteiger partial charge in [0.25, 0.3) is 0 Å². The molecule has 3 aliphatic heterocycles. The number of hydrogen-bond acceptors (Lipinski definition) is 11. The van der Waals surface area contributed by atoms with Gasteiger partial charge in [0.15, 0.2) is 0 Å². The normalized spacial score (nSPS) is 33.2. The number of likely N-dealkylation sites (N-methyl/N-ethyl adjacent to an activating group) is 5. The Kier molecular flexibility index (Phi) is 25.7. The molecular formula is C66H105ClF3N11O11. The van der Waals surface area contributed by atoms with Gasteiger partial charge in [-0.15, -0.1) is 11.6 Å². The number of carbonyl (C=O) groups excluding carboxylic acids is 11. The summed E-state index contributed by atoms with van der Waals surface area (Å²) in [6.07, 6.45) is 5.50. The first-order chi connectivity index (χ1) is 43.4. The molecular weight excluding hydrogens is 1220 g/mol. The molecule has 4 aliphatic carbocycles. The van der Waals surface area contributed by atoms with Crippen LogP contribution in [0.15, 0.2) is 0 Å². The molecule has 0 radical (unpaired) electrons. The molecule has 7 fully saturated rings. The maximum absolute atomic E-state index is 15.2. The molecule has 7 rings (SSSR count).